The maximum atomic E-state index is 6.34. The van der Waals surface area contributed by atoms with Gasteiger partial charge in [-0.3, -0.25) is 0 Å². The molecule has 0 saturated carbocycles. The monoisotopic (exact) mass is 100 g/mol. The zero-order valence-corrected chi connectivity index (χ0v) is 4.69. The van der Waals surface area contributed by atoms with E-state index in [-0.39, 0.29) is 0 Å². The van der Waals surface area contributed by atoms with Crippen LogP contribution in [0.15, 0.2) is 11.8 Å². The molecule has 0 amide bonds. The average Bonchev–Trinajstić information content (AvgIpc) is 1.68. The lowest BCUT2D eigenvalue weighted by Crippen LogP contribution is -1.79. The summed E-state index contributed by atoms with van der Waals surface area (Å²) in [5.41, 5.74) is 0. The van der Waals surface area contributed by atoms with Crippen LogP contribution in [0.25, 0.3) is 0 Å². The predicted molar refractivity (Wildman–Crippen MR) is 28.2 cm³/mol. The van der Waals surface area contributed by atoms with Crippen LogP contribution in [0, 0.1) is 0 Å². The van der Waals surface area contributed by atoms with Crippen LogP contribution in [0.1, 0.15) is 20.3 Å². The lowest BCUT2D eigenvalue weighted by molar-refractivity contribution is 0.199. The fourth-order valence-electron chi connectivity index (χ4n) is 0.329. The Hall–Kier alpha value is -0.500. The first-order valence-electron chi connectivity index (χ1n) is 2.31. The van der Waals surface area contributed by atoms with Gasteiger partial charge < -0.3 is 4.84 Å². The Morgan fingerprint density at radius 1 is 1.86 bits per heavy atom. The van der Waals surface area contributed by atoms with Crippen LogP contribution in [0.4, 0.5) is 0 Å². The van der Waals surface area contributed by atoms with Gasteiger partial charge in [0.15, 0.2) is 0 Å². The van der Waals surface area contributed by atoms with E-state index in [4.69, 9.17) is 5.90 Å². The van der Waals surface area contributed by atoms with Crippen molar-refractivity contribution >= 4 is 0 Å². The average molecular weight is 100 g/mol. The van der Waals surface area contributed by atoms with Crippen LogP contribution in [-0.2, 0) is 4.84 Å². The zero-order valence-electron chi connectivity index (χ0n) is 4.69. The van der Waals surface area contributed by atoms with E-state index in [0.29, 0.717) is 5.76 Å². The molecular weight excluding hydrogens is 90.1 g/mol. The van der Waals surface area contributed by atoms with E-state index >= 15 is 0 Å². The molecule has 41 valence electrons. The Bertz CT molecular complexity index is 68.5. The summed E-state index contributed by atoms with van der Waals surface area (Å²) >= 11 is 0. The van der Waals surface area contributed by atoms with Crippen molar-refractivity contribution in [2.75, 3.05) is 0 Å². The standard InChI is InChI=1S/C5H10NO/c1-3-4-5(2)7-6/h4,6H,3H2,1-2H3/b5-4+. The van der Waals surface area contributed by atoms with E-state index in [1.165, 1.54) is 0 Å². The molecule has 1 radical (unpaired) electrons. The molecule has 0 unspecified atom stereocenters. The minimum atomic E-state index is 0.669. The minimum Gasteiger partial charge on any atom is -0.396 e. The van der Waals surface area contributed by atoms with Crippen molar-refractivity contribution in [3.05, 3.63) is 11.8 Å². The minimum absolute atomic E-state index is 0.669. The second-order valence-corrected chi connectivity index (χ2v) is 1.33. The molecule has 0 aliphatic rings. The predicted octanol–water partition coefficient (Wildman–Crippen LogP) is 1.51. The van der Waals surface area contributed by atoms with Crippen molar-refractivity contribution in [3.63, 3.8) is 0 Å². The summed E-state index contributed by atoms with van der Waals surface area (Å²) in [4.78, 5) is 4.10. The summed E-state index contributed by atoms with van der Waals surface area (Å²) < 4.78 is 0. The molecule has 0 spiro atoms. The molecule has 7 heavy (non-hydrogen) atoms. The van der Waals surface area contributed by atoms with Crippen LogP contribution < -0.4 is 5.90 Å². The number of rotatable bonds is 2. The SMILES string of the molecule is CC/C=C(\C)O[NH]. The van der Waals surface area contributed by atoms with Gasteiger partial charge in [-0.05, 0) is 19.4 Å². The van der Waals surface area contributed by atoms with Crippen LogP contribution in [0.5, 0.6) is 0 Å². The van der Waals surface area contributed by atoms with E-state index < -0.39 is 0 Å². The lowest BCUT2D eigenvalue weighted by Gasteiger charge is -1.90. The third-order valence-corrected chi connectivity index (χ3v) is 0.653. The highest BCUT2D eigenvalue weighted by molar-refractivity contribution is 4.85. The highest BCUT2D eigenvalue weighted by Crippen LogP contribution is 1.91. The number of hydrogen-bond donors (Lipinski definition) is 0. The van der Waals surface area contributed by atoms with Crippen molar-refractivity contribution in [3.8, 4) is 0 Å². The van der Waals surface area contributed by atoms with Gasteiger partial charge in [0.2, 0.25) is 0 Å². The maximum absolute atomic E-state index is 6.34. The van der Waals surface area contributed by atoms with E-state index in [1.807, 2.05) is 13.0 Å². The quantitative estimate of drug-likeness (QED) is 0.382. The van der Waals surface area contributed by atoms with Gasteiger partial charge in [-0.15, -0.1) is 0 Å². The normalized spacial score (nSPS) is 11.6. The number of allylic oxidation sites excluding steroid dienone is 2. The highest BCUT2D eigenvalue weighted by Gasteiger charge is 1.78. The smallest absolute Gasteiger partial charge is 0.119 e. The molecule has 0 aromatic carbocycles. The Morgan fingerprint density at radius 3 is 2.57 bits per heavy atom. The summed E-state index contributed by atoms with van der Waals surface area (Å²) in [5.74, 6) is 7.01. The van der Waals surface area contributed by atoms with Crippen LogP contribution >= 0.6 is 0 Å². The third kappa shape index (κ3) is 3.33. The van der Waals surface area contributed by atoms with Crippen molar-refractivity contribution in [2.24, 2.45) is 0 Å². The van der Waals surface area contributed by atoms with Crippen LogP contribution in [0.3, 0.4) is 0 Å². The largest absolute Gasteiger partial charge is 0.396 e. The topological polar surface area (TPSA) is 33.0 Å². The Labute approximate surface area is 43.9 Å². The van der Waals surface area contributed by atoms with Gasteiger partial charge in [-0.25, -0.2) is 0 Å². The Morgan fingerprint density at radius 2 is 2.43 bits per heavy atom. The maximum Gasteiger partial charge on any atom is 0.119 e. The fourth-order valence-corrected chi connectivity index (χ4v) is 0.329. The molecule has 0 aromatic rings. The van der Waals surface area contributed by atoms with Crippen LogP contribution in [-0.4, -0.2) is 0 Å². The number of hydrogen-bond acceptors (Lipinski definition) is 1. The third-order valence-electron chi connectivity index (χ3n) is 0.653. The van der Waals surface area contributed by atoms with E-state index in [2.05, 4.69) is 4.84 Å². The summed E-state index contributed by atoms with van der Waals surface area (Å²) in [6, 6.07) is 0. The highest BCUT2D eigenvalue weighted by atomic mass is 16.6. The molecule has 0 rings (SSSR count). The molecule has 2 nitrogen and oxygen atoms in total. The van der Waals surface area contributed by atoms with E-state index in [1.54, 1.807) is 6.92 Å². The van der Waals surface area contributed by atoms with Crippen molar-refractivity contribution < 1.29 is 4.84 Å². The molecule has 0 fully saturated rings. The molecule has 0 heterocycles. The van der Waals surface area contributed by atoms with Gasteiger partial charge in [-0.2, -0.15) is 0 Å². The van der Waals surface area contributed by atoms with Gasteiger partial charge >= 0.3 is 0 Å². The first-order valence-corrected chi connectivity index (χ1v) is 2.31. The zero-order chi connectivity index (χ0) is 5.70. The van der Waals surface area contributed by atoms with Gasteiger partial charge in [-0.1, -0.05) is 12.8 Å². The summed E-state index contributed by atoms with van der Waals surface area (Å²) in [6.07, 6.45) is 2.79. The summed E-state index contributed by atoms with van der Waals surface area (Å²) in [6.45, 7) is 3.76. The molecular formula is C5H10NO. The fraction of sp³-hybridized carbons (Fsp3) is 0.600. The second-order valence-electron chi connectivity index (χ2n) is 1.33. The van der Waals surface area contributed by atoms with E-state index in [9.17, 15) is 0 Å². The molecule has 0 aromatic heterocycles. The number of nitrogens with one attached hydrogen (secondary N) is 1. The summed E-state index contributed by atoms with van der Waals surface area (Å²) in [5, 5.41) is 0. The van der Waals surface area contributed by atoms with Crippen molar-refractivity contribution in [2.45, 2.75) is 20.3 Å². The van der Waals surface area contributed by atoms with Crippen LogP contribution in [0.2, 0.25) is 0 Å². The molecule has 0 aliphatic carbocycles. The Balaban J connectivity index is 3.29. The first kappa shape index (κ1) is 6.50. The van der Waals surface area contributed by atoms with Crippen molar-refractivity contribution in [1.82, 2.24) is 5.90 Å². The molecule has 2 heteroatoms. The van der Waals surface area contributed by atoms with Gasteiger partial charge in [0.25, 0.3) is 0 Å². The molecule has 0 atom stereocenters. The molecule has 0 bridgehead atoms. The van der Waals surface area contributed by atoms with Gasteiger partial charge in [0.1, 0.15) is 5.76 Å². The van der Waals surface area contributed by atoms with Gasteiger partial charge in [0, 0.05) is 0 Å². The van der Waals surface area contributed by atoms with Crippen molar-refractivity contribution in [1.29, 1.82) is 0 Å². The molecule has 1 N–H and O–H groups in total. The lowest BCUT2D eigenvalue weighted by atomic mass is 10.4. The van der Waals surface area contributed by atoms with E-state index in [0.717, 1.165) is 6.42 Å². The van der Waals surface area contributed by atoms with Gasteiger partial charge in [0.05, 0.1) is 0 Å². The summed E-state index contributed by atoms with van der Waals surface area (Å²) in [7, 11) is 0. The molecule has 0 aliphatic heterocycles. The first-order chi connectivity index (χ1) is 3.31. The second kappa shape index (κ2) is 3.68. The molecule has 0 saturated heterocycles. The Kier molecular flexibility index (Phi) is 3.42.